The predicted molar refractivity (Wildman–Crippen MR) is 101 cm³/mol. The van der Waals surface area contributed by atoms with Gasteiger partial charge in [-0.2, -0.15) is 4.98 Å². The van der Waals surface area contributed by atoms with E-state index in [0.29, 0.717) is 34.6 Å². The summed E-state index contributed by atoms with van der Waals surface area (Å²) < 4.78 is 5.18. The molecule has 134 valence electrons. The van der Waals surface area contributed by atoms with E-state index in [2.05, 4.69) is 15.5 Å². The maximum absolute atomic E-state index is 12.0. The summed E-state index contributed by atoms with van der Waals surface area (Å²) in [6.07, 6.45) is 0.901. The van der Waals surface area contributed by atoms with E-state index in [1.54, 1.807) is 12.1 Å². The fraction of sp³-hybridized carbons (Fsp3) is 0.211. The summed E-state index contributed by atoms with van der Waals surface area (Å²) >= 11 is 11.9. The van der Waals surface area contributed by atoms with Gasteiger partial charge in [-0.25, -0.2) is 0 Å². The zero-order chi connectivity index (χ0) is 18.5. The molecule has 1 heterocycles. The number of carbonyl (C=O) groups excluding carboxylic acids is 1. The van der Waals surface area contributed by atoms with Crippen LogP contribution in [0.1, 0.15) is 23.4 Å². The first kappa shape index (κ1) is 18.4. The number of carbonyl (C=O) groups is 1. The molecule has 7 heteroatoms. The SMILES string of the molecule is Cc1ccc(-c2noc(CNC(=O)CCc3ccc(Cl)c(Cl)c3)n2)cc1. The summed E-state index contributed by atoms with van der Waals surface area (Å²) in [5.74, 6) is 0.764. The summed E-state index contributed by atoms with van der Waals surface area (Å²) in [5.41, 5.74) is 2.98. The fourth-order valence-corrected chi connectivity index (χ4v) is 2.68. The normalized spacial score (nSPS) is 10.7. The Morgan fingerprint density at radius 3 is 2.62 bits per heavy atom. The van der Waals surface area contributed by atoms with Crippen molar-refractivity contribution < 1.29 is 9.32 Å². The lowest BCUT2D eigenvalue weighted by atomic mass is 10.1. The average Bonchev–Trinajstić information content (AvgIpc) is 3.10. The van der Waals surface area contributed by atoms with E-state index in [4.69, 9.17) is 27.7 Å². The Kier molecular flexibility index (Phi) is 5.91. The van der Waals surface area contributed by atoms with Gasteiger partial charge < -0.3 is 9.84 Å². The van der Waals surface area contributed by atoms with E-state index in [0.717, 1.165) is 16.7 Å². The van der Waals surface area contributed by atoms with Crippen molar-refractivity contribution >= 4 is 29.1 Å². The molecule has 0 aliphatic rings. The van der Waals surface area contributed by atoms with Gasteiger partial charge in [-0.05, 0) is 31.0 Å². The molecule has 2 aromatic carbocycles. The Morgan fingerprint density at radius 2 is 1.88 bits per heavy atom. The van der Waals surface area contributed by atoms with Crippen molar-refractivity contribution in [2.75, 3.05) is 0 Å². The van der Waals surface area contributed by atoms with Crippen LogP contribution in [0.5, 0.6) is 0 Å². The lowest BCUT2D eigenvalue weighted by molar-refractivity contribution is -0.121. The Balaban J connectivity index is 1.50. The lowest BCUT2D eigenvalue weighted by Gasteiger charge is -2.04. The molecule has 1 aromatic heterocycles. The highest BCUT2D eigenvalue weighted by molar-refractivity contribution is 6.42. The maximum atomic E-state index is 12.0. The molecule has 0 saturated heterocycles. The summed E-state index contributed by atoms with van der Waals surface area (Å²) in [6.45, 7) is 2.21. The molecular weight excluding hydrogens is 373 g/mol. The zero-order valence-electron chi connectivity index (χ0n) is 14.1. The van der Waals surface area contributed by atoms with Gasteiger partial charge in [0, 0.05) is 12.0 Å². The maximum Gasteiger partial charge on any atom is 0.246 e. The molecule has 0 aliphatic carbocycles. The minimum atomic E-state index is -0.105. The summed E-state index contributed by atoms with van der Waals surface area (Å²) in [4.78, 5) is 16.3. The first-order chi connectivity index (χ1) is 12.5. The number of nitrogens with zero attached hydrogens (tertiary/aromatic N) is 2. The second kappa shape index (κ2) is 8.34. The van der Waals surface area contributed by atoms with Gasteiger partial charge in [-0.3, -0.25) is 4.79 Å². The minimum Gasteiger partial charge on any atom is -0.347 e. The van der Waals surface area contributed by atoms with Gasteiger partial charge in [0.15, 0.2) is 0 Å². The quantitative estimate of drug-likeness (QED) is 0.668. The van der Waals surface area contributed by atoms with Gasteiger partial charge in [-0.15, -0.1) is 0 Å². The predicted octanol–water partition coefficient (Wildman–Crippen LogP) is 4.60. The van der Waals surface area contributed by atoms with Crippen molar-refractivity contribution in [3.8, 4) is 11.4 Å². The molecule has 0 saturated carbocycles. The van der Waals surface area contributed by atoms with Gasteiger partial charge >= 0.3 is 0 Å². The molecule has 3 aromatic rings. The van der Waals surface area contributed by atoms with Crippen molar-refractivity contribution in [2.24, 2.45) is 0 Å². The van der Waals surface area contributed by atoms with E-state index in [-0.39, 0.29) is 12.5 Å². The number of nitrogens with one attached hydrogen (secondary N) is 1. The molecular formula is C19H17Cl2N3O2. The third-order valence-corrected chi connectivity index (χ3v) is 4.58. The van der Waals surface area contributed by atoms with Crippen LogP contribution < -0.4 is 5.32 Å². The van der Waals surface area contributed by atoms with E-state index in [9.17, 15) is 4.79 Å². The largest absolute Gasteiger partial charge is 0.347 e. The number of aryl methyl sites for hydroxylation is 2. The monoisotopic (exact) mass is 389 g/mol. The number of rotatable bonds is 6. The standard InChI is InChI=1S/C19H17Cl2N3O2/c1-12-2-6-14(7-3-12)19-23-18(26-24-19)11-22-17(25)9-5-13-4-8-15(20)16(21)10-13/h2-4,6-8,10H,5,9,11H2,1H3,(H,22,25). The number of hydrogen-bond acceptors (Lipinski definition) is 4. The number of benzene rings is 2. The van der Waals surface area contributed by atoms with Crippen LogP contribution in [-0.2, 0) is 17.8 Å². The highest BCUT2D eigenvalue weighted by atomic mass is 35.5. The van der Waals surface area contributed by atoms with Crippen LogP contribution in [0.3, 0.4) is 0 Å². The van der Waals surface area contributed by atoms with Crippen molar-refractivity contribution in [3.05, 3.63) is 69.5 Å². The van der Waals surface area contributed by atoms with Crippen molar-refractivity contribution in [1.82, 2.24) is 15.5 Å². The summed E-state index contributed by atoms with van der Waals surface area (Å²) in [7, 11) is 0. The van der Waals surface area contributed by atoms with Crippen molar-refractivity contribution in [1.29, 1.82) is 0 Å². The number of hydrogen-bond donors (Lipinski definition) is 1. The minimum absolute atomic E-state index is 0.105. The molecule has 1 amide bonds. The third kappa shape index (κ3) is 4.84. The van der Waals surface area contributed by atoms with E-state index < -0.39 is 0 Å². The first-order valence-corrected chi connectivity index (χ1v) is 8.87. The van der Waals surface area contributed by atoms with Crippen LogP contribution in [-0.4, -0.2) is 16.0 Å². The van der Waals surface area contributed by atoms with Gasteiger partial charge in [0.25, 0.3) is 0 Å². The molecule has 3 rings (SSSR count). The second-order valence-corrected chi connectivity index (χ2v) is 6.72. The van der Waals surface area contributed by atoms with Gasteiger partial charge in [0.2, 0.25) is 17.6 Å². The Bertz CT molecular complexity index is 907. The Hall–Kier alpha value is -2.37. The van der Waals surface area contributed by atoms with Crippen molar-refractivity contribution in [3.63, 3.8) is 0 Å². The first-order valence-electron chi connectivity index (χ1n) is 8.11. The van der Waals surface area contributed by atoms with Crippen molar-refractivity contribution in [2.45, 2.75) is 26.3 Å². The zero-order valence-corrected chi connectivity index (χ0v) is 15.6. The Morgan fingerprint density at radius 1 is 1.12 bits per heavy atom. The average molecular weight is 390 g/mol. The van der Waals surface area contributed by atoms with E-state index >= 15 is 0 Å². The molecule has 26 heavy (non-hydrogen) atoms. The fourth-order valence-electron chi connectivity index (χ4n) is 2.36. The van der Waals surface area contributed by atoms with Crippen LogP contribution in [0.4, 0.5) is 0 Å². The van der Waals surface area contributed by atoms with Crippen LogP contribution in [0.25, 0.3) is 11.4 Å². The Labute approximate surface area is 161 Å². The van der Waals surface area contributed by atoms with Gasteiger partial charge in [0.1, 0.15) is 0 Å². The molecule has 5 nitrogen and oxygen atoms in total. The smallest absolute Gasteiger partial charge is 0.246 e. The molecule has 0 bridgehead atoms. The molecule has 0 atom stereocenters. The van der Waals surface area contributed by atoms with Gasteiger partial charge in [0.05, 0.1) is 16.6 Å². The third-order valence-electron chi connectivity index (χ3n) is 3.84. The number of halogens is 2. The van der Waals surface area contributed by atoms with Gasteiger partial charge in [-0.1, -0.05) is 64.3 Å². The highest BCUT2D eigenvalue weighted by Crippen LogP contribution is 2.23. The van der Waals surface area contributed by atoms with Crippen LogP contribution >= 0.6 is 23.2 Å². The summed E-state index contributed by atoms with van der Waals surface area (Å²) in [5, 5.41) is 7.70. The molecule has 0 fully saturated rings. The molecule has 0 spiro atoms. The van der Waals surface area contributed by atoms with Crippen LogP contribution in [0.2, 0.25) is 10.0 Å². The lowest BCUT2D eigenvalue weighted by Crippen LogP contribution is -2.23. The number of aromatic nitrogens is 2. The molecule has 1 N–H and O–H groups in total. The number of amides is 1. The highest BCUT2D eigenvalue weighted by Gasteiger charge is 2.10. The van der Waals surface area contributed by atoms with E-state index in [1.807, 2.05) is 37.3 Å². The second-order valence-electron chi connectivity index (χ2n) is 5.90. The molecule has 0 unspecified atom stereocenters. The topological polar surface area (TPSA) is 68.0 Å². The summed E-state index contributed by atoms with van der Waals surface area (Å²) in [6, 6.07) is 13.2. The molecule has 0 aliphatic heterocycles. The van der Waals surface area contributed by atoms with Crippen LogP contribution in [0.15, 0.2) is 47.0 Å². The van der Waals surface area contributed by atoms with E-state index in [1.165, 1.54) is 0 Å². The van der Waals surface area contributed by atoms with Crippen LogP contribution in [0, 0.1) is 6.92 Å². The molecule has 0 radical (unpaired) electrons.